The fraction of sp³-hybridized carbons (Fsp3) is 0.474. The maximum Gasteiger partial charge on any atom is 0.236 e. The van der Waals surface area contributed by atoms with Crippen molar-refractivity contribution in [1.82, 2.24) is 4.98 Å². The largest absolute Gasteiger partial charge is 0.296 e. The SMILES string of the molecule is CCCN1C(=O)C(C(C)(C)C)c2c1nc1ccccc1c2C. The van der Waals surface area contributed by atoms with Gasteiger partial charge in [0.15, 0.2) is 0 Å². The van der Waals surface area contributed by atoms with Crippen molar-refractivity contribution in [2.45, 2.75) is 47.0 Å². The van der Waals surface area contributed by atoms with E-state index in [1.165, 1.54) is 5.56 Å². The van der Waals surface area contributed by atoms with E-state index in [1.807, 2.05) is 23.1 Å². The number of para-hydroxylation sites is 1. The third-order valence-electron chi connectivity index (χ3n) is 4.55. The van der Waals surface area contributed by atoms with E-state index in [0.717, 1.165) is 35.2 Å². The highest BCUT2D eigenvalue weighted by molar-refractivity contribution is 6.07. The topological polar surface area (TPSA) is 33.2 Å². The van der Waals surface area contributed by atoms with Crippen LogP contribution in [0.15, 0.2) is 24.3 Å². The number of aromatic nitrogens is 1. The lowest BCUT2D eigenvalue weighted by atomic mass is 9.76. The van der Waals surface area contributed by atoms with E-state index in [1.54, 1.807) is 0 Å². The molecule has 0 aliphatic carbocycles. The van der Waals surface area contributed by atoms with Crippen LogP contribution in [-0.2, 0) is 4.79 Å². The number of rotatable bonds is 2. The van der Waals surface area contributed by atoms with Crippen molar-refractivity contribution in [2.24, 2.45) is 5.41 Å². The summed E-state index contributed by atoms with van der Waals surface area (Å²) in [4.78, 5) is 19.7. The number of anilines is 1. The first kappa shape index (κ1) is 15.0. The molecule has 0 saturated heterocycles. The lowest BCUT2D eigenvalue weighted by Crippen LogP contribution is -2.34. The standard InChI is InChI=1S/C19H24N2O/c1-6-11-21-17-15(16(18(21)22)19(3,4)5)12(2)13-9-7-8-10-14(13)20-17/h7-10,16H,6,11H2,1-5H3. The van der Waals surface area contributed by atoms with Gasteiger partial charge >= 0.3 is 0 Å². The number of amides is 1. The number of benzene rings is 1. The molecule has 2 aromatic rings. The molecule has 0 bridgehead atoms. The van der Waals surface area contributed by atoms with Crippen molar-refractivity contribution in [1.29, 1.82) is 0 Å². The molecule has 22 heavy (non-hydrogen) atoms. The summed E-state index contributed by atoms with van der Waals surface area (Å²) in [6.07, 6.45) is 0.940. The molecular weight excluding hydrogens is 272 g/mol. The van der Waals surface area contributed by atoms with Gasteiger partial charge in [-0.25, -0.2) is 4.98 Å². The van der Waals surface area contributed by atoms with Crippen molar-refractivity contribution in [2.75, 3.05) is 11.4 Å². The highest BCUT2D eigenvalue weighted by Gasteiger charge is 2.45. The zero-order chi connectivity index (χ0) is 16.1. The minimum Gasteiger partial charge on any atom is -0.296 e. The third-order valence-corrected chi connectivity index (χ3v) is 4.55. The first-order valence-electron chi connectivity index (χ1n) is 8.07. The maximum atomic E-state index is 13.0. The van der Waals surface area contributed by atoms with E-state index in [-0.39, 0.29) is 17.2 Å². The molecule has 0 radical (unpaired) electrons. The number of carbonyl (C=O) groups is 1. The van der Waals surface area contributed by atoms with Crippen LogP contribution in [0, 0.1) is 12.3 Å². The van der Waals surface area contributed by atoms with E-state index >= 15 is 0 Å². The van der Waals surface area contributed by atoms with Crippen LogP contribution in [-0.4, -0.2) is 17.4 Å². The first-order valence-corrected chi connectivity index (χ1v) is 8.07. The van der Waals surface area contributed by atoms with Crippen LogP contribution in [0.3, 0.4) is 0 Å². The smallest absolute Gasteiger partial charge is 0.236 e. The average molecular weight is 296 g/mol. The third kappa shape index (κ3) is 2.11. The van der Waals surface area contributed by atoms with Crippen LogP contribution in [0.4, 0.5) is 5.82 Å². The van der Waals surface area contributed by atoms with Crippen LogP contribution in [0.2, 0.25) is 0 Å². The summed E-state index contributed by atoms with van der Waals surface area (Å²) in [6.45, 7) is 11.4. The zero-order valence-corrected chi connectivity index (χ0v) is 14.1. The van der Waals surface area contributed by atoms with E-state index in [0.29, 0.717) is 0 Å². The summed E-state index contributed by atoms with van der Waals surface area (Å²) in [5, 5.41) is 1.15. The fourth-order valence-electron chi connectivity index (χ4n) is 3.55. The summed E-state index contributed by atoms with van der Waals surface area (Å²) < 4.78 is 0. The van der Waals surface area contributed by atoms with Gasteiger partial charge in [0.2, 0.25) is 5.91 Å². The fourth-order valence-corrected chi connectivity index (χ4v) is 3.55. The number of carbonyl (C=O) groups excluding carboxylic acids is 1. The minimum atomic E-state index is -0.108. The number of hydrogen-bond donors (Lipinski definition) is 0. The second kappa shape index (κ2) is 5.08. The highest BCUT2D eigenvalue weighted by atomic mass is 16.2. The van der Waals surface area contributed by atoms with Gasteiger partial charge in [0.25, 0.3) is 0 Å². The predicted octanol–water partition coefficient (Wildman–Crippen LogP) is 4.43. The minimum absolute atomic E-state index is 0.105. The monoisotopic (exact) mass is 296 g/mol. The molecule has 116 valence electrons. The quantitative estimate of drug-likeness (QED) is 0.821. The molecule has 3 rings (SSSR count). The number of aryl methyl sites for hydroxylation is 1. The van der Waals surface area contributed by atoms with Crippen molar-refractivity contribution in [3.05, 3.63) is 35.4 Å². The molecule has 1 amide bonds. The molecule has 0 fully saturated rings. The van der Waals surface area contributed by atoms with Crippen LogP contribution in [0.1, 0.15) is 51.2 Å². The maximum absolute atomic E-state index is 13.0. The Morgan fingerprint density at radius 2 is 1.91 bits per heavy atom. The summed E-state index contributed by atoms with van der Waals surface area (Å²) >= 11 is 0. The van der Waals surface area contributed by atoms with Gasteiger partial charge in [-0.3, -0.25) is 9.69 Å². The number of nitrogens with zero attached hydrogens (tertiary/aromatic N) is 2. The lowest BCUT2D eigenvalue weighted by molar-refractivity contribution is -0.121. The van der Waals surface area contributed by atoms with Gasteiger partial charge in [0.05, 0.1) is 11.4 Å². The van der Waals surface area contributed by atoms with Crippen molar-refractivity contribution >= 4 is 22.6 Å². The van der Waals surface area contributed by atoms with E-state index in [9.17, 15) is 4.79 Å². The molecule has 2 heterocycles. The summed E-state index contributed by atoms with van der Waals surface area (Å²) in [6, 6.07) is 8.17. The van der Waals surface area contributed by atoms with Crippen molar-refractivity contribution in [3.63, 3.8) is 0 Å². The van der Waals surface area contributed by atoms with Gasteiger partial charge in [-0.05, 0) is 30.4 Å². The summed E-state index contributed by atoms with van der Waals surface area (Å²) in [7, 11) is 0. The Morgan fingerprint density at radius 1 is 1.23 bits per heavy atom. The van der Waals surface area contributed by atoms with Gasteiger partial charge in [0, 0.05) is 17.5 Å². The predicted molar refractivity (Wildman–Crippen MR) is 91.3 cm³/mol. The number of fused-ring (bicyclic) bond motifs is 2. The molecule has 0 spiro atoms. The Hall–Kier alpha value is -1.90. The van der Waals surface area contributed by atoms with Crippen LogP contribution < -0.4 is 4.90 Å². The Labute approximate surface area is 132 Å². The molecule has 1 atom stereocenters. The molecule has 1 aliphatic heterocycles. The molecule has 1 unspecified atom stereocenters. The summed E-state index contributed by atoms with van der Waals surface area (Å²) in [5.41, 5.74) is 3.20. The van der Waals surface area contributed by atoms with Crippen molar-refractivity contribution in [3.8, 4) is 0 Å². The van der Waals surface area contributed by atoms with Crippen molar-refractivity contribution < 1.29 is 4.79 Å². The van der Waals surface area contributed by atoms with E-state index < -0.39 is 0 Å². The van der Waals surface area contributed by atoms with Gasteiger partial charge in [0.1, 0.15) is 5.82 Å². The first-order chi connectivity index (χ1) is 10.4. The molecule has 1 aromatic carbocycles. The average Bonchev–Trinajstić information content (AvgIpc) is 2.73. The van der Waals surface area contributed by atoms with Crippen LogP contribution in [0.5, 0.6) is 0 Å². The summed E-state index contributed by atoms with van der Waals surface area (Å²) in [5.74, 6) is 0.976. The molecule has 0 saturated carbocycles. The van der Waals surface area contributed by atoms with Gasteiger partial charge in [-0.15, -0.1) is 0 Å². The Kier molecular flexibility index (Phi) is 3.47. The second-order valence-electron chi connectivity index (χ2n) is 7.28. The molecular formula is C19H24N2O. The number of pyridine rings is 1. The molecule has 0 N–H and O–H groups in total. The normalized spacial score (nSPS) is 18.1. The van der Waals surface area contributed by atoms with Crippen LogP contribution >= 0.6 is 0 Å². The number of hydrogen-bond acceptors (Lipinski definition) is 2. The van der Waals surface area contributed by atoms with Crippen LogP contribution in [0.25, 0.3) is 10.9 Å². The lowest BCUT2D eigenvalue weighted by Gasteiger charge is -2.27. The molecule has 3 heteroatoms. The molecule has 3 nitrogen and oxygen atoms in total. The van der Waals surface area contributed by atoms with Gasteiger partial charge in [-0.1, -0.05) is 45.9 Å². The van der Waals surface area contributed by atoms with E-state index in [4.69, 9.17) is 4.98 Å². The Balaban J connectivity index is 2.32. The molecule has 1 aliphatic rings. The Bertz CT molecular complexity index is 743. The molecule has 1 aromatic heterocycles. The highest BCUT2D eigenvalue weighted by Crippen LogP contribution is 2.48. The Morgan fingerprint density at radius 3 is 2.55 bits per heavy atom. The van der Waals surface area contributed by atoms with E-state index in [2.05, 4.69) is 40.7 Å². The zero-order valence-electron chi connectivity index (χ0n) is 14.1. The van der Waals surface area contributed by atoms with Gasteiger partial charge < -0.3 is 0 Å². The second-order valence-corrected chi connectivity index (χ2v) is 7.28. The van der Waals surface area contributed by atoms with Gasteiger partial charge in [-0.2, -0.15) is 0 Å².